The summed E-state index contributed by atoms with van der Waals surface area (Å²) in [6.07, 6.45) is 0.832. The molecular formula is C17H19ClN4O2S. The topological polar surface area (TPSA) is 75.2 Å². The van der Waals surface area contributed by atoms with E-state index >= 15 is 0 Å². The molecule has 2 heterocycles. The summed E-state index contributed by atoms with van der Waals surface area (Å²) in [7, 11) is 0. The lowest BCUT2D eigenvalue weighted by molar-refractivity contribution is -0.117. The number of carbonyl (C=O) groups excluding carboxylic acids is 2. The fourth-order valence-corrected chi connectivity index (χ4v) is 3.71. The molecule has 1 N–H and O–H groups in total. The lowest BCUT2D eigenvalue weighted by Crippen LogP contribution is -2.24. The molecule has 1 unspecified atom stereocenters. The van der Waals surface area contributed by atoms with Crippen molar-refractivity contribution in [1.82, 2.24) is 10.2 Å². The van der Waals surface area contributed by atoms with Crippen LogP contribution in [0.15, 0.2) is 24.3 Å². The first-order chi connectivity index (χ1) is 11.9. The Morgan fingerprint density at radius 2 is 2.08 bits per heavy atom. The minimum Gasteiger partial charge on any atom is -0.312 e. The molecule has 6 nitrogen and oxygen atoms in total. The minimum absolute atomic E-state index is 0.0172. The zero-order valence-corrected chi connectivity index (χ0v) is 15.6. The van der Waals surface area contributed by atoms with Crippen molar-refractivity contribution in [3.8, 4) is 0 Å². The van der Waals surface area contributed by atoms with Gasteiger partial charge in [-0.1, -0.05) is 36.8 Å². The summed E-state index contributed by atoms with van der Waals surface area (Å²) >= 11 is 7.23. The number of rotatable bonds is 5. The number of aromatic nitrogens is 2. The highest BCUT2D eigenvalue weighted by molar-refractivity contribution is 7.15. The van der Waals surface area contributed by atoms with Crippen molar-refractivity contribution in [2.75, 3.05) is 16.8 Å². The fourth-order valence-electron chi connectivity index (χ4n) is 2.73. The van der Waals surface area contributed by atoms with E-state index in [0.717, 1.165) is 10.7 Å². The average Bonchev–Trinajstić information content (AvgIpc) is 3.14. The molecule has 1 aromatic heterocycles. The molecule has 2 amide bonds. The van der Waals surface area contributed by atoms with Crippen LogP contribution in [-0.4, -0.2) is 28.6 Å². The van der Waals surface area contributed by atoms with Crippen LogP contribution in [-0.2, 0) is 9.59 Å². The third-order valence-corrected chi connectivity index (χ3v) is 5.15. The van der Waals surface area contributed by atoms with Gasteiger partial charge in [0.25, 0.3) is 0 Å². The fraction of sp³-hybridized carbons (Fsp3) is 0.412. The number of nitrogens with one attached hydrogen (secondary N) is 1. The monoisotopic (exact) mass is 378 g/mol. The molecule has 2 aromatic rings. The highest BCUT2D eigenvalue weighted by Gasteiger charge is 2.33. The van der Waals surface area contributed by atoms with Crippen molar-refractivity contribution in [3.05, 3.63) is 34.3 Å². The molecule has 0 bridgehead atoms. The smallest absolute Gasteiger partial charge is 0.227 e. The lowest BCUT2D eigenvalue weighted by atomic mass is 10.1. The van der Waals surface area contributed by atoms with E-state index in [0.29, 0.717) is 29.5 Å². The number of hydrogen-bond acceptors (Lipinski definition) is 5. The molecule has 0 spiro atoms. The van der Waals surface area contributed by atoms with Gasteiger partial charge in [-0.05, 0) is 30.2 Å². The third-order valence-electron chi connectivity index (χ3n) is 3.89. The quantitative estimate of drug-likeness (QED) is 0.860. The van der Waals surface area contributed by atoms with Crippen LogP contribution in [0.2, 0.25) is 5.02 Å². The summed E-state index contributed by atoms with van der Waals surface area (Å²) in [6.45, 7) is 4.52. The Balaban J connectivity index is 1.66. The van der Waals surface area contributed by atoms with Crippen molar-refractivity contribution in [1.29, 1.82) is 0 Å². The Kier molecular flexibility index (Phi) is 5.34. The highest BCUT2D eigenvalue weighted by atomic mass is 35.5. The van der Waals surface area contributed by atoms with Crippen molar-refractivity contribution >= 4 is 45.6 Å². The summed E-state index contributed by atoms with van der Waals surface area (Å²) in [6, 6.07) is 7.20. The molecule has 25 heavy (non-hydrogen) atoms. The van der Waals surface area contributed by atoms with E-state index in [4.69, 9.17) is 11.6 Å². The predicted molar refractivity (Wildman–Crippen MR) is 99.2 cm³/mol. The maximum atomic E-state index is 12.3. The average molecular weight is 379 g/mol. The first-order valence-electron chi connectivity index (χ1n) is 8.11. The highest BCUT2D eigenvalue weighted by Crippen LogP contribution is 2.34. The van der Waals surface area contributed by atoms with E-state index in [1.807, 2.05) is 26.0 Å². The second-order valence-electron chi connectivity index (χ2n) is 6.47. The largest absolute Gasteiger partial charge is 0.312 e. The SMILES string of the molecule is CC(C)CC(=O)Nc1nnc(C2CC(=O)N(c3ccc(Cl)cc3)C2)s1. The van der Waals surface area contributed by atoms with Gasteiger partial charge in [0, 0.05) is 36.0 Å². The van der Waals surface area contributed by atoms with Crippen LogP contribution in [0.4, 0.5) is 10.8 Å². The van der Waals surface area contributed by atoms with E-state index in [2.05, 4.69) is 15.5 Å². The standard InChI is InChI=1S/C17H19ClN4O2S/c1-10(2)7-14(23)19-17-21-20-16(25-17)11-8-15(24)22(9-11)13-5-3-12(18)4-6-13/h3-6,10-11H,7-9H2,1-2H3,(H,19,21,23). The molecule has 0 aliphatic carbocycles. The summed E-state index contributed by atoms with van der Waals surface area (Å²) in [4.78, 5) is 25.9. The Morgan fingerprint density at radius 1 is 1.36 bits per heavy atom. The van der Waals surface area contributed by atoms with Gasteiger partial charge in [-0.25, -0.2) is 0 Å². The van der Waals surface area contributed by atoms with Crippen LogP contribution < -0.4 is 10.2 Å². The molecule has 1 aliphatic rings. The molecule has 3 rings (SSSR count). The molecule has 0 saturated carbocycles. The number of carbonyl (C=O) groups is 2. The van der Waals surface area contributed by atoms with Gasteiger partial charge in [-0.3, -0.25) is 9.59 Å². The second kappa shape index (κ2) is 7.49. The van der Waals surface area contributed by atoms with E-state index in [-0.39, 0.29) is 23.7 Å². The number of anilines is 2. The number of nitrogens with zero attached hydrogens (tertiary/aromatic N) is 3. The van der Waals surface area contributed by atoms with Crippen LogP contribution >= 0.6 is 22.9 Å². The van der Waals surface area contributed by atoms with E-state index in [1.54, 1.807) is 17.0 Å². The Labute approximate surface area is 155 Å². The summed E-state index contributed by atoms with van der Waals surface area (Å²) < 4.78 is 0. The summed E-state index contributed by atoms with van der Waals surface area (Å²) in [5.41, 5.74) is 0.826. The minimum atomic E-state index is -0.0667. The zero-order chi connectivity index (χ0) is 18.0. The molecule has 0 radical (unpaired) electrons. The van der Waals surface area contributed by atoms with Gasteiger partial charge >= 0.3 is 0 Å². The summed E-state index contributed by atoms with van der Waals surface area (Å²) in [5.74, 6) is 0.250. The van der Waals surface area contributed by atoms with Crippen molar-refractivity contribution in [2.24, 2.45) is 5.92 Å². The lowest BCUT2D eigenvalue weighted by Gasteiger charge is -2.16. The van der Waals surface area contributed by atoms with E-state index in [9.17, 15) is 9.59 Å². The Bertz CT molecular complexity index is 775. The number of benzene rings is 1. The first kappa shape index (κ1) is 17.8. The van der Waals surface area contributed by atoms with Crippen molar-refractivity contribution < 1.29 is 9.59 Å². The number of amides is 2. The van der Waals surface area contributed by atoms with Crippen molar-refractivity contribution in [3.63, 3.8) is 0 Å². The molecule has 1 aromatic carbocycles. The van der Waals surface area contributed by atoms with Crippen LogP contribution in [0.1, 0.15) is 37.6 Å². The predicted octanol–water partition coefficient (Wildman–Crippen LogP) is 3.70. The molecule has 1 saturated heterocycles. The maximum absolute atomic E-state index is 12.3. The van der Waals surface area contributed by atoms with Gasteiger partial charge in [0.1, 0.15) is 5.01 Å². The van der Waals surface area contributed by atoms with Gasteiger partial charge < -0.3 is 10.2 Å². The van der Waals surface area contributed by atoms with Gasteiger partial charge in [0.2, 0.25) is 16.9 Å². The molecule has 8 heteroatoms. The van der Waals surface area contributed by atoms with E-state index in [1.165, 1.54) is 11.3 Å². The normalized spacial score (nSPS) is 17.4. The molecule has 1 aliphatic heterocycles. The maximum Gasteiger partial charge on any atom is 0.227 e. The van der Waals surface area contributed by atoms with Gasteiger partial charge in [-0.2, -0.15) is 0 Å². The number of halogens is 1. The third kappa shape index (κ3) is 4.35. The van der Waals surface area contributed by atoms with Crippen LogP contribution in [0, 0.1) is 5.92 Å². The van der Waals surface area contributed by atoms with Crippen LogP contribution in [0.5, 0.6) is 0 Å². The van der Waals surface area contributed by atoms with Crippen LogP contribution in [0.3, 0.4) is 0 Å². The molecule has 132 valence electrons. The summed E-state index contributed by atoms with van der Waals surface area (Å²) in [5, 5.41) is 12.9. The Morgan fingerprint density at radius 3 is 2.76 bits per heavy atom. The van der Waals surface area contributed by atoms with Gasteiger partial charge in [0.05, 0.1) is 0 Å². The van der Waals surface area contributed by atoms with E-state index < -0.39 is 0 Å². The first-order valence-corrected chi connectivity index (χ1v) is 9.31. The second-order valence-corrected chi connectivity index (χ2v) is 7.92. The number of hydrogen-bond donors (Lipinski definition) is 1. The van der Waals surface area contributed by atoms with Gasteiger partial charge in [0.15, 0.2) is 0 Å². The van der Waals surface area contributed by atoms with Crippen LogP contribution in [0.25, 0.3) is 0 Å². The van der Waals surface area contributed by atoms with Gasteiger partial charge in [-0.15, -0.1) is 10.2 Å². The Hall–Kier alpha value is -1.99. The zero-order valence-electron chi connectivity index (χ0n) is 14.0. The molecule has 1 fully saturated rings. The molecular weight excluding hydrogens is 360 g/mol. The van der Waals surface area contributed by atoms with Crippen molar-refractivity contribution in [2.45, 2.75) is 32.6 Å². The molecule has 1 atom stereocenters.